The molecule has 196 valence electrons. The highest BCUT2D eigenvalue weighted by molar-refractivity contribution is 6.34. The van der Waals surface area contributed by atoms with E-state index in [4.69, 9.17) is 16.3 Å². The number of nitro groups is 1. The fraction of sp³-hybridized carbons (Fsp3) is 0.286. The van der Waals surface area contributed by atoms with E-state index in [0.717, 1.165) is 37.6 Å². The minimum Gasteiger partial charge on any atom is -0.376 e. The number of non-ortho nitro benzene ring substituents is 1. The van der Waals surface area contributed by atoms with Gasteiger partial charge < -0.3 is 20.3 Å². The van der Waals surface area contributed by atoms with E-state index in [2.05, 4.69) is 27.7 Å². The van der Waals surface area contributed by atoms with E-state index in [-0.39, 0.29) is 28.3 Å². The molecule has 0 aromatic heterocycles. The zero-order valence-corrected chi connectivity index (χ0v) is 21.4. The molecule has 0 unspecified atom stereocenters. The van der Waals surface area contributed by atoms with E-state index >= 15 is 0 Å². The fourth-order valence-corrected chi connectivity index (χ4v) is 5.14. The lowest BCUT2D eigenvalue weighted by Crippen LogP contribution is -2.35. The van der Waals surface area contributed by atoms with Crippen molar-refractivity contribution in [2.24, 2.45) is 0 Å². The van der Waals surface area contributed by atoms with Gasteiger partial charge in [0.1, 0.15) is 0 Å². The van der Waals surface area contributed by atoms with Crippen molar-refractivity contribution in [2.75, 3.05) is 29.9 Å². The van der Waals surface area contributed by atoms with Gasteiger partial charge in [0.05, 0.1) is 27.2 Å². The predicted molar refractivity (Wildman–Crippen MR) is 145 cm³/mol. The number of amides is 2. The van der Waals surface area contributed by atoms with Crippen molar-refractivity contribution < 1.29 is 19.2 Å². The van der Waals surface area contributed by atoms with Crippen LogP contribution < -0.4 is 15.5 Å². The Morgan fingerprint density at radius 2 is 1.87 bits per heavy atom. The van der Waals surface area contributed by atoms with Gasteiger partial charge in [-0.25, -0.2) is 0 Å². The lowest BCUT2D eigenvalue weighted by atomic mass is 9.98. The lowest BCUT2D eigenvalue weighted by Gasteiger charge is -2.32. The number of halogens is 1. The van der Waals surface area contributed by atoms with Gasteiger partial charge in [-0.05, 0) is 54.7 Å². The van der Waals surface area contributed by atoms with Gasteiger partial charge in [0.15, 0.2) is 0 Å². The van der Waals surface area contributed by atoms with Crippen LogP contribution in [0.3, 0.4) is 0 Å². The molecule has 0 spiro atoms. The van der Waals surface area contributed by atoms with E-state index in [1.165, 1.54) is 23.3 Å². The molecule has 0 aliphatic carbocycles. The molecule has 9 nitrogen and oxygen atoms in total. The van der Waals surface area contributed by atoms with Crippen molar-refractivity contribution in [3.05, 3.63) is 98.1 Å². The zero-order valence-electron chi connectivity index (χ0n) is 20.6. The summed E-state index contributed by atoms with van der Waals surface area (Å²) in [7, 11) is 0. The Labute approximate surface area is 224 Å². The first-order chi connectivity index (χ1) is 18.4. The van der Waals surface area contributed by atoms with E-state index in [1.807, 2.05) is 18.2 Å². The van der Waals surface area contributed by atoms with Gasteiger partial charge in [-0.1, -0.05) is 35.9 Å². The highest BCUT2D eigenvalue weighted by Gasteiger charge is 2.24. The van der Waals surface area contributed by atoms with Crippen LogP contribution in [0.1, 0.15) is 44.7 Å². The van der Waals surface area contributed by atoms with Gasteiger partial charge in [0.25, 0.3) is 17.5 Å². The summed E-state index contributed by atoms with van der Waals surface area (Å²) >= 11 is 6.14. The molecule has 0 bridgehead atoms. The third-order valence-electron chi connectivity index (χ3n) is 6.89. The van der Waals surface area contributed by atoms with Gasteiger partial charge >= 0.3 is 0 Å². The molecule has 2 heterocycles. The number of ether oxygens (including phenoxy) is 1. The molecule has 2 N–H and O–H groups in total. The summed E-state index contributed by atoms with van der Waals surface area (Å²) in [5, 5.41) is 16.7. The molecule has 1 atom stereocenters. The first-order valence-corrected chi connectivity index (χ1v) is 12.9. The fourth-order valence-electron chi connectivity index (χ4n) is 4.88. The molecule has 2 aliphatic rings. The minimum absolute atomic E-state index is 0.00331. The van der Waals surface area contributed by atoms with Crippen LogP contribution >= 0.6 is 11.6 Å². The van der Waals surface area contributed by atoms with Crippen LogP contribution in [0.25, 0.3) is 0 Å². The van der Waals surface area contributed by atoms with Gasteiger partial charge in [0.2, 0.25) is 0 Å². The second kappa shape index (κ2) is 11.2. The number of fused-ring (bicyclic) bond motifs is 1. The quantitative estimate of drug-likeness (QED) is 0.327. The summed E-state index contributed by atoms with van der Waals surface area (Å²) in [6, 6.07) is 17.2. The number of carbonyl (C=O) groups excluding carboxylic acids is 2. The highest BCUT2D eigenvalue weighted by Crippen LogP contribution is 2.30. The van der Waals surface area contributed by atoms with Crippen molar-refractivity contribution in [2.45, 2.75) is 31.9 Å². The summed E-state index contributed by atoms with van der Waals surface area (Å²) < 4.78 is 5.65. The predicted octanol–water partition coefficient (Wildman–Crippen LogP) is 4.97. The van der Waals surface area contributed by atoms with Gasteiger partial charge in [0, 0.05) is 49.7 Å². The molecule has 5 rings (SSSR count). The number of anilines is 2. The summed E-state index contributed by atoms with van der Waals surface area (Å²) in [6.45, 7) is 2.54. The van der Waals surface area contributed by atoms with Crippen LogP contribution in [0, 0.1) is 10.1 Å². The average molecular weight is 535 g/mol. The summed E-state index contributed by atoms with van der Waals surface area (Å²) in [4.78, 5) is 38.9. The van der Waals surface area contributed by atoms with E-state index in [0.29, 0.717) is 30.9 Å². The van der Waals surface area contributed by atoms with E-state index < -0.39 is 10.8 Å². The summed E-state index contributed by atoms with van der Waals surface area (Å²) in [6.07, 6.45) is 2.74. The number of hydrogen-bond acceptors (Lipinski definition) is 6. The third kappa shape index (κ3) is 5.64. The standard InChI is InChI=1S/C28H27ClN4O5/c29-25-15-21(33(36)37)8-9-23(25)28(35)31-20-7-10-26(32-12-11-18-4-1-2-5-19(18)17-32)24(14-20)27(34)30-16-22-6-3-13-38-22/h1-2,4-5,7-10,14-15,22H,3,6,11-13,16-17H2,(H,30,34)(H,31,35)/t22-/m1/s1. The SMILES string of the molecule is O=C(Nc1ccc(N2CCc3ccccc3C2)c(C(=O)NC[C@H]2CCCO2)c1)c1ccc([N+](=O)[O-])cc1Cl. The second-order valence-electron chi connectivity index (χ2n) is 9.39. The number of nitrogens with zero attached hydrogens (tertiary/aromatic N) is 2. The van der Waals surface area contributed by atoms with E-state index in [1.54, 1.807) is 12.1 Å². The maximum absolute atomic E-state index is 13.4. The molecule has 2 amide bonds. The van der Waals surface area contributed by atoms with Crippen molar-refractivity contribution in [3.63, 3.8) is 0 Å². The molecule has 0 radical (unpaired) electrons. The van der Waals surface area contributed by atoms with Crippen molar-refractivity contribution >= 4 is 40.5 Å². The number of benzene rings is 3. The third-order valence-corrected chi connectivity index (χ3v) is 7.21. The van der Waals surface area contributed by atoms with E-state index in [9.17, 15) is 19.7 Å². The minimum atomic E-state index is -0.577. The van der Waals surface area contributed by atoms with Crippen LogP contribution in [0.5, 0.6) is 0 Å². The maximum atomic E-state index is 13.4. The van der Waals surface area contributed by atoms with Crippen molar-refractivity contribution in [1.82, 2.24) is 5.32 Å². The molecule has 10 heteroatoms. The molecule has 0 saturated carbocycles. The Kier molecular flexibility index (Phi) is 7.57. The Balaban J connectivity index is 1.40. The van der Waals surface area contributed by atoms with Crippen LogP contribution in [-0.2, 0) is 17.7 Å². The summed E-state index contributed by atoms with van der Waals surface area (Å²) in [5.41, 5.74) is 4.03. The average Bonchev–Trinajstić information content (AvgIpc) is 3.45. The molecule has 2 aliphatic heterocycles. The van der Waals surface area contributed by atoms with Crippen LogP contribution in [0.4, 0.5) is 17.1 Å². The molecule has 1 fully saturated rings. The Morgan fingerprint density at radius 3 is 2.61 bits per heavy atom. The zero-order chi connectivity index (χ0) is 26.6. The monoisotopic (exact) mass is 534 g/mol. The first kappa shape index (κ1) is 25.7. The topological polar surface area (TPSA) is 114 Å². The van der Waals surface area contributed by atoms with Crippen molar-refractivity contribution in [3.8, 4) is 0 Å². The Morgan fingerprint density at radius 1 is 1.05 bits per heavy atom. The highest BCUT2D eigenvalue weighted by atomic mass is 35.5. The molecule has 1 saturated heterocycles. The largest absolute Gasteiger partial charge is 0.376 e. The number of nitrogens with one attached hydrogen (secondary N) is 2. The van der Waals surface area contributed by atoms with Gasteiger partial charge in [-0.15, -0.1) is 0 Å². The lowest BCUT2D eigenvalue weighted by molar-refractivity contribution is -0.384. The van der Waals surface area contributed by atoms with Gasteiger partial charge in [-0.3, -0.25) is 19.7 Å². The van der Waals surface area contributed by atoms with Crippen LogP contribution in [0.2, 0.25) is 5.02 Å². The number of carbonyl (C=O) groups is 2. The Bertz CT molecular complexity index is 1390. The Hall–Kier alpha value is -3.95. The van der Waals surface area contributed by atoms with Crippen molar-refractivity contribution in [1.29, 1.82) is 0 Å². The maximum Gasteiger partial charge on any atom is 0.270 e. The number of hydrogen-bond donors (Lipinski definition) is 2. The van der Waals surface area contributed by atoms with Crippen LogP contribution in [-0.4, -0.2) is 42.5 Å². The normalized spacial score (nSPS) is 16.6. The number of rotatable bonds is 7. The van der Waals surface area contributed by atoms with Crippen LogP contribution in [0.15, 0.2) is 60.7 Å². The molecule has 3 aromatic rings. The van der Waals surface area contributed by atoms with Gasteiger partial charge in [-0.2, -0.15) is 0 Å². The molecular weight excluding hydrogens is 508 g/mol. The molecule has 38 heavy (non-hydrogen) atoms. The smallest absolute Gasteiger partial charge is 0.270 e. The summed E-state index contributed by atoms with van der Waals surface area (Å²) in [5.74, 6) is -0.783. The molecule has 3 aromatic carbocycles. The number of nitro benzene ring substituents is 1. The molecular formula is C28H27ClN4O5. The second-order valence-corrected chi connectivity index (χ2v) is 9.80. The first-order valence-electron chi connectivity index (χ1n) is 12.5.